The summed E-state index contributed by atoms with van der Waals surface area (Å²) < 4.78 is 87.4. The number of para-hydroxylation sites is 1. The summed E-state index contributed by atoms with van der Waals surface area (Å²) >= 11 is 0. The highest BCUT2D eigenvalue weighted by Gasteiger charge is 2.66. The maximum Gasteiger partial charge on any atom is 0.466 e. The lowest BCUT2D eigenvalue weighted by Gasteiger charge is -2.28. The highest BCUT2D eigenvalue weighted by atomic mass is 19.4. The molecule has 0 N–H and O–H groups in total. The van der Waals surface area contributed by atoms with Gasteiger partial charge in [0.1, 0.15) is 5.75 Å². The summed E-state index contributed by atoms with van der Waals surface area (Å²) in [4.78, 5) is 0. The first-order valence-electron chi connectivity index (χ1n) is 7.11. The predicted octanol–water partition coefficient (Wildman–Crippen LogP) is 5.97. The van der Waals surface area contributed by atoms with Crippen LogP contribution < -0.4 is 9.47 Å². The predicted molar refractivity (Wildman–Crippen MR) is 79.0 cm³/mol. The average molecular weight is 364 g/mol. The number of ether oxygens (including phenoxy) is 2. The van der Waals surface area contributed by atoms with Crippen LogP contribution in [0.5, 0.6) is 17.2 Å². The van der Waals surface area contributed by atoms with E-state index in [1.165, 1.54) is 26.0 Å². The molecule has 2 rings (SSSR count). The Morgan fingerprint density at radius 3 is 2.04 bits per heavy atom. The van der Waals surface area contributed by atoms with Crippen molar-refractivity contribution >= 4 is 0 Å². The molecular formula is C17H14F6O2. The molecule has 0 spiro atoms. The fourth-order valence-corrected chi connectivity index (χ4v) is 2.11. The fraction of sp³-hybridized carbons (Fsp3) is 0.294. The van der Waals surface area contributed by atoms with E-state index < -0.39 is 24.2 Å². The number of rotatable bonds is 5. The molecule has 2 aromatic rings. The van der Waals surface area contributed by atoms with Gasteiger partial charge in [-0.25, -0.2) is 8.78 Å². The third kappa shape index (κ3) is 4.00. The van der Waals surface area contributed by atoms with Gasteiger partial charge < -0.3 is 9.47 Å². The number of alkyl halides is 6. The molecule has 25 heavy (non-hydrogen) atoms. The molecule has 0 aliphatic rings. The lowest BCUT2D eigenvalue weighted by Crippen LogP contribution is -2.52. The van der Waals surface area contributed by atoms with E-state index in [0.717, 1.165) is 6.07 Å². The Hall–Kier alpha value is -2.38. The Morgan fingerprint density at radius 2 is 1.52 bits per heavy atom. The molecule has 2 nitrogen and oxygen atoms in total. The minimum atomic E-state index is -5.93. The smallest absolute Gasteiger partial charge is 0.453 e. The van der Waals surface area contributed by atoms with Crippen LogP contribution in [0.4, 0.5) is 26.3 Å². The van der Waals surface area contributed by atoms with Crippen molar-refractivity contribution in [1.29, 1.82) is 0 Å². The Balaban J connectivity index is 2.49. The van der Waals surface area contributed by atoms with Crippen LogP contribution in [0.25, 0.3) is 0 Å². The van der Waals surface area contributed by atoms with Gasteiger partial charge in [-0.15, -0.1) is 0 Å². The Labute approximate surface area is 140 Å². The Kier molecular flexibility index (Phi) is 5.20. The summed E-state index contributed by atoms with van der Waals surface area (Å²) in [7, 11) is 0. The summed E-state index contributed by atoms with van der Waals surface area (Å²) in [5, 5.41) is 0. The fourth-order valence-electron chi connectivity index (χ4n) is 2.11. The largest absolute Gasteiger partial charge is 0.466 e. The minimum Gasteiger partial charge on any atom is -0.453 e. The number of hydrogen-bond donors (Lipinski definition) is 0. The van der Waals surface area contributed by atoms with E-state index in [1.807, 2.05) is 0 Å². The van der Waals surface area contributed by atoms with E-state index in [2.05, 4.69) is 4.74 Å². The molecular weight excluding hydrogens is 350 g/mol. The molecule has 0 fully saturated rings. The van der Waals surface area contributed by atoms with E-state index in [9.17, 15) is 26.3 Å². The second-order valence-corrected chi connectivity index (χ2v) is 5.37. The van der Waals surface area contributed by atoms with Crippen molar-refractivity contribution in [1.82, 2.24) is 0 Å². The monoisotopic (exact) mass is 364 g/mol. The molecule has 0 heterocycles. The quantitative estimate of drug-likeness (QED) is 0.609. The maximum atomic E-state index is 13.9. The van der Waals surface area contributed by atoms with Gasteiger partial charge in [-0.2, -0.15) is 17.6 Å². The summed E-state index contributed by atoms with van der Waals surface area (Å²) in [6.45, 7) is 2.98. The molecule has 0 saturated carbocycles. The topological polar surface area (TPSA) is 18.5 Å². The molecule has 0 amide bonds. The van der Waals surface area contributed by atoms with Gasteiger partial charge >= 0.3 is 18.5 Å². The summed E-state index contributed by atoms with van der Waals surface area (Å²) in [5.41, 5.74) is 0.698. The molecule has 0 bridgehead atoms. The van der Waals surface area contributed by atoms with Gasteiger partial charge in [0.05, 0.1) is 0 Å². The van der Waals surface area contributed by atoms with Crippen molar-refractivity contribution in [2.45, 2.75) is 32.3 Å². The molecule has 0 aromatic heterocycles. The molecule has 0 radical (unpaired) electrons. The van der Waals surface area contributed by atoms with Crippen LogP contribution in [0.2, 0.25) is 0 Å². The molecule has 0 saturated heterocycles. The lowest BCUT2D eigenvalue weighted by atomic mass is 10.1. The molecule has 1 unspecified atom stereocenters. The first kappa shape index (κ1) is 19.0. The maximum absolute atomic E-state index is 13.9. The first-order chi connectivity index (χ1) is 11.5. The zero-order chi connectivity index (χ0) is 18.8. The Bertz CT molecular complexity index is 730. The van der Waals surface area contributed by atoms with Crippen molar-refractivity contribution < 1.29 is 35.8 Å². The van der Waals surface area contributed by atoms with E-state index in [-0.39, 0.29) is 11.5 Å². The van der Waals surface area contributed by atoms with Crippen LogP contribution in [0.1, 0.15) is 11.1 Å². The average Bonchev–Trinajstić information content (AvgIpc) is 2.50. The first-order valence-corrected chi connectivity index (χ1v) is 7.11. The number of benzene rings is 2. The molecule has 136 valence electrons. The van der Waals surface area contributed by atoms with Gasteiger partial charge in [0, 0.05) is 0 Å². The molecule has 2 aromatic carbocycles. The van der Waals surface area contributed by atoms with Crippen molar-refractivity contribution in [3.63, 3.8) is 0 Å². The third-order valence-corrected chi connectivity index (χ3v) is 3.27. The zero-order valence-electron chi connectivity index (χ0n) is 13.2. The van der Waals surface area contributed by atoms with Crippen LogP contribution in [0.15, 0.2) is 42.5 Å². The van der Waals surface area contributed by atoms with Crippen LogP contribution >= 0.6 is 0 Å². The normalized spacial score (nSPS) is 14.3. The van der Waals surface area contributed by atoms with Gasteiger partial charge in [0.2, 0.25) is 0 Å². The van der Waals surface area contributed by atoms with E-state index in [1.54, 1.807) is 24.3 Å². The number of hydrogen-bond acceptors (Lipinski definition) is 2. The van der Waals surface area contributed by atoms with Gasteiger partial charge in [-0.1, -0.05) is 24.3 Å². The molecule has 0 aliphatic carbocycles. The van der Waals surface area contributed by atoms with Crippen molar-refractivity contribution in [3.8, 4) is 17.2 Å². The van der Waals surface area contributed by atoms with Crippen LogP contribution in [-0.2, 0) is 0 Å². The van der Waals surface area contributed by atoms with Crippen LogP contribution in [0, 0.1) is 13.8 Å². The number of aryl methyl sites for hydroxylation is 2. The minimum absolute atomic E-state index is 0.229. The third-order valence-electron chi connectivity index (χ3n) is 3.27. The summed E-state index contributed by atoms with van der Waals surface area (Å²) in [5.74, 6) is -5.96. The standard InChI is InChI=1S/C17H14F6O2/c1-10-8-11(2)14(24-12-6-4-3-5-7-12)13(9-10)25-16(20,15(18)19)17(21,22)23/h3-9,15H,1-2H3. The summed E-state index contributed by atoms with van der Waals surface area (Å²) in [6, 6.07) is 10.4. The van der Waals surface area contributed by atoms with Crippen molar-refractivity contribution in [2.24, 2.45) is 0 Å². The number of halogens is 6. The molecule has 0 aliphatic heterocycles. The second-order valence-electron chi connectivity index (χ2n) is 5.37. The highest BCUT2D eigenvalue weighted by molar-refractivity contribution is 5.51. The van der Waals surface area contributed by atoms with E-state index in [0.29, 0.717) is 11.1 Å². The van der Waals surface area contributed by atoms with Crippen LogP contribution in [-0.4, -0.2) is 18.5 Å². The summed E-state index contributed by atoms with van der Waals surface area (Å²) in [6.07, 6.45) is -10.4. The van der Waals surface area contributed by atoms with Gasteiger partial charge in [0.15, 0.2) is 11.5 Å². The van der Waals surface area contributed by atoms with Crippen molar-refractivity contribution in [3.05, 3.63) is 53.6 Å². The van der Waals surface area contributed by atoms with E-state index in [4.69, 9.17) is 4.74 Å². The van der Waals surface area contributed by atoms with Gasteiger partial charge in [-0.05, 0) is 43.2 Å². The SMILES string of the molecule is Cc1cc(C)c(Oc2ccccc2)c(OC(F)(C(F)F)C(F)(F)F)c1. The zero-order valence-corrected chi connectivity index (χ0v) is 13.2. The lowest BCUT2D eigenvalue weighted by molar-refractivity contribution is -0.340. The molecule has 8 heteroatoms. The van der Waals surface area contributed by atoms with Crippen molar-refractivity contribution in [2.75, 3.05) is 0 Å². The highest BCUT2D eigenvalue weighted by Crippen LogP contribution is 2.45. The van der Waals surface area contributed by atoms with Gasteiger partial charge in [0.25, 0.3) is 0 Å². The van der Waals surface area contributed by atoms with Crippen LogP contribution in [0.3, 0.4) is 0 Å². The van der Waals surface area contributed by atoms with E-state index >= 15 is 0 Å². The second kappa shape index (κ2) is 6.85. The molecule has 1 atom stereocenters. The Morgan fingerprint density at radius 1 is 0.920 bits per heavy atom. The van der Waals surface area contributed by atoms with Gasteiger partial charge in [-0.3, -0.25) is 0 Å².